The summed E-state index contributed by atoms with van der Waals surface area (Å²) in [5.74, 6) is 2.14. The van der Waals surface area contributed by atoms with Crippen LogP contribution in [0.2, 0.25) is 0 Å². The molecule has 28 heavy (non-hydrogen) atoms. The van der Waals surface area contributed by atoms with E-state index in [9.17, 15) is 5.11 Å². The number of ether oxygens (including phenoxy) is 2. The zero-order valence-electron chi connectivity index (χ0n) is 17.5. The van der Waals surface area contributed by atoms with Gasteiger partial charge in [-0.2, -0.15) is 0 Å². The van der Waals surface area contributed by atoms with Crippen LogP contribution in [0.15, 0.2) is 24.4 Å². The molecule has 0 fully saturated rings. The van der Waals surface area contributed by atoms with E-state index in [-0.39, 0.29) is 0 Å². The minimum atomic E-state index is -0.762. The molecule has 1 N–H and O–H groups in total. The van der Waals surface area contributed by atoms with Crippen molar-refractivity contribution in [2.45, 2.75) is 59.8 Å². The van der Waals surface area contributed by atoms with Gasteiger partial charge in [-0.1, -0.05) is 19.9 Å². The Morgan fingerprint density at radius 3 is 2.68 bits per heavy atom. The molecule has 152 valence electrons. The molecule has 0 saturated heterocycles. The molecule has 0 amide bonds. The zero-order chi connectivity index (χ0) is 20.3. The minimum Gasteiger partial charge on any atom is -0.493 e. The Balaban J connectivity index is 2.13. The highest BCUT2D eigenvalue weighted by atomic mass is 16.5. The Hall–Kier alpha value is -2.18. The van der Waals surface area contributed by atoms with E-state index in [1.54, 1.807) is 13.8 Å². The Morgan fingerprint density at radius 1 is 1.21 bits per heavy atom. The molecule has 1 aromatic carbocycles. The lowest BCUT2D eigenvalue weighted by atomic mass is 10.1. The van der Waals surface area contributed by atoms with Crippen LogP contribution in [0.25, 0.3) is 21.9 Å². The van der Waals surface area contributed by atoms with Crippen molar-refractivity contribution >= 4 is 21.9 Å². The highest BCUT2D eigenvalue weighted by Gasteiger charge is 2.19. The molecular formula is C22H31N3O3. The molecule has 2 aromatic heterocycles. The number of imidazole rings is 1. The van der Waals surface area contributed by atoms with Crippen LogP contribution in [0.5, 0.6) is 5.75 Å². The molecule has 6 heteroatoms. The number of hydrogen-bond donors (Lipinski definition) is 1. The van der Waals surface area contributed by atoms with Gasteiger partial charge in [0.25, 0.3) is 0 Å². The van der Waals surface area contributed by atoms with Crippen molar-refractivity contribution in [3.63, 3.8) is 0 Å². The van der Waals surface area contributed by atoms with Crippen LogP contribution >= 0.6 is 0 Å². The number of nitrogens with zero attached hydrogens (tertiary/aromatic N) is 3. The van der Waals surface area contributed by atoms with E-state index in [1.807, 2.05) is 31.3 Å². The molecule has 0 spiro atoms. The number of aliphatic hydroxyl groups is 1. The molecule has 3 rings (SSSR count). The van der Waals surface area contributed by atoms with Gasteiger partial charge < -0.3 is 19.1 Å². The van der Waals surface area contributed by atoms with Crippen LogP contribution in [0.1, 0.15) is 46.9 Å². The second-order valence-corrected chi connectivity index (χ2v) is 8.22. The summed E-state index contributed by atoms with van der Waals surface area (Å²) in [7, 11) is 0. The van der Waals surface area contributed by atoms with Crippen LogP contribution in [0.4, 0.5) is 0 Å². The molecule has 0 aliphatic heterocycles. The van der Waals surface area contributed by atoms with Crippen molar-refractivity contribution in [2.75, 3.05) is 13.2 Å². The second-order valence-electron chi connectivity index (χ2n) is 8.22. The highest BCUT2D eigenvalue weighted by molar-refractivity contribution is 6.06. The lowest BCUT2D eigenvalue weighted by molar-refractivity contribution is 0.0555. The van der Waals surface area contributed by atoms with Crippen molar-refractivity contribution in [1.82, 2.24) is 14.5 Å². The first-order valence-electron chi connectivity index (χ1n) is 10.00. The molecule has 0 atom stereocenters. The maximum absolute atomic E-state index is 9.99. The number of hydrogen-bond acceptors (Lipinski definition) is 5. The first-order chi connectivity index (χ1) is 13.3. The first kappa shape index (κ1) is 20.6. The van der Waals surface area contributed by atoms with Gasteiger partial charge in [0.05, 0.1) is 34.8 Å². The molecular weight excluding hydrogens is 354 g/mol. The summed E-state index contributed by atoms with van der Waals surface area (Å²) in [6, 6.07) is 5.90. The van der Waals surface area contributed by atoms with Gasteiger partial charge in [-0.3, -0.25) is 4.98 Å². The van der Waals surface area contributed by atoms with Crippen LogP contribution in [0, 0.1) is 5.92 Å². The number of aromatic nitrogens is 3. The van der Waals surface area contributed by atoms with Gasteiger partial charge in [0.1, 0.15) is 23.7 Å². The molecule has 0 saturated carbocycles. The summed E-state index contributed by atoms with van der Waals surface area (Å²) >= 11 is 0. The summed E-state index contributed by atoms with van der Waals surface area (Å²) in [5.41, 5.74) is 2.00. The Labute approximate surface area is 166 Å². The van der Waals surface area contributed by atoms with Gasteiger partial charge in [-0.05, 0) is 38.8 Å². The number of benzene rings is 1. The smallest absolute Gasteiger partial charge is 0.136 e. The third-order valence-corrected chi connectivity index (χ3v) is 4.60. The minimum absolute atomic E-state index is 0.434. The molecule has 6 nitrogen and oxygen atoms in total. The van der Waals surface area contributed by atoms with E-state index in [1.165, 1.54) is 0 Å². The topological polar surface area (TPSA) is 69.4 Å². The van der Waals surface area contributed by atoms with Gasteiger partial charge in [-0.25, -0.2) is 4.98 Å². The predicted molar refractivity (Wildman–Crippen MR) is 112 cm³/mol. The van der Waals surface area contributed by atoms with Crippen molar-refractivity contribution in [2.24, 2.45) is 5.92 Å². The van der Waals surface area contributed by atoms with Gasteiger partial charge in [0, 0.05) is 19.6 Å². The molecule has 0 unspecified atom stereocenters. The average Bonchev–Trinajstić information content (AvgIpc) is 2.96. The van der Waals surface area contributed by atoms with E-state index < -0.39 is 5.60 Å². The fraction of sp³-hybridized carbons (Fsp3) is 0.545. The van der Waals surface area contributed by atoms with E-state index in [0.29, 0.717) is 32.2 Å². The first-order valence-corrected chi connectivity index (χ1v) is 10.00. The second kappa shape index (κ2) is 8.45. The molecule has 2 heterocycles. The largest absolute Gasteiger partial charge is 0.493 e. The molecule has 0 radical (unpaired) electrons. The molecule has 0 bridgehead atoms. The summed E-state index contributed by atoms with van der Waals surface area (Å²) < 4.78 is 14.0. The van der Waals surface area contributed by atoms with Crippen molar-refractivity contribution in [3.05, 3.63) is 30.2 Å². The Bertz CT molecular complexity index is 941. The van der Waals surface area contributed by atoms with E-state index >= 15 is 0 Å². The molecule has 0 aliphatic carbocycles. The zero-order valence-corrected chi connectivity index (χ0v) is 17.5. The normalized spacial score (nSPS) is 12.4. The Morgan fingerprint density at radius 2 is 2.00 bits per heavy atom. The fourth-order valence-corrected chi connectivity index (χ4v) is 3.26. The maximum atomic E-state index is 9.99. The number of rotatable bonds is 9. The quantitative estimate of drug-likeness (QED) is 0.594. The fourth-order valence-electron chi connectivity index (χ4n) is 3.26. The molecule has 3 aromatic rings. The van der Waals surface area contributed by atoms with Gasteiger partial charge in [-0.15, -0.1) is 0 Å². The van der Waals surface area contributed by atoms with Crippen LogP contribution in [0.3, 0.4) is 0 Å². The summed E-state index contributed by atoms with van der Waals surface area (Å²) in [4.78, 5) is 9.39. The number of pyridine rings is 1. The highest BCUT2D eigenvalue weighted by Crippen LogP contribution is 2.33. The number of fused-ring (bicyclic) bond motifs is 3. The third-order valence-electron chi connectivity index (χ3n) is 4.60. The third kappa shape index (κ3) is 4.62. The monoisotopic (exact) mass is 385 g/mol. The standard InChI is InChI=1S/C22H31N3O3/c1-6-27-14-19-24-17-12-23-16-8-7-9-18(28-11-10-22(4,5)26)20(16)21(17)25(19)13-15(2)3/h7-9,12,15,26H,6,10-11,13-14H2,1-5H3. The summed E-state index contributed by atoms with van der Waals surface area (Å²) in [6.07, 6.45) is 2.37. The van der Waals surface area contributed by atoms with E-state index in [4.69, 9.17) is 14.5 Å². The van der Waals surface area contributed by atoms with Gasteiger partial charge in [0.2, 0.25) is 0 Å². The Kier molecular flexibility index (Phi) is 6.20. The SMILES string of the molecule is CCOCc1nc2cnc3cccc(OCCC(C)(C)O)c3c2n1CC(C)C. The predicted octanol–water partition coefficient (Wildman–Crippen LogP) is 4.32. The lowest BCUT2D eigenvalue weighted by Crippen LogP contribution is -2.21. The van der Waals surface area contributed by atoms with Gasteiger partial charge >= 0.3 is 0 Å². The van der Waals surface area contributed by atoms with E-state index in [2.05, 4.69) is 23.4 Å². The van der Waals surface area contributed by atoms with Gasteiger partial charge in [0.15, 0.2) is 0 Å². The van der Waals surface area contributed by atoms with Crippen LogP contribution < -0.4 is 4.74 Å². The van der Waals surface area contributed by atoms with E-state index in [0.717, 1.165) is 40.1 Å². The van der Waals surface area contributed by atoms with Crippen molar-refractivity contribution < 1.29 is 14.6 Å². The van der Waals surface area contributed by atoms with Crippen molar-refractivity contribution in [3.8, 4) is 5.75 Å². The average molecular weight is 386 g/mol. The van der Waals surface area contributed by atoms with Crippen LogP contribution in [-0.2, 0) is 17.9 Å². The lowest BCUT2D eigenvalue weighted by Gasteiger charge is -2.18. The molecule has 0 aliphatic rings. The maximum Gasteiger partial charge on any atom is 0.136 e. The summed E-state index contributed by atoms with van der Waals surface area (Å²) in [6.45, 7) is 12.4. The van der Waals surface area contributed by atoms with Crippen LogP contribution in [-0.4, -0.2) is 38.5 Å². The van der Waals surface area contributed by atoms with Crippen molar-refractivity contribution in [1.29, 1.82) is 0 Å². The summed E-state index contributed by atoms with van der Waals surface area (Å²) in [5, 5.41) is 11.0.